The number of nitrogens with one attached hydrogen (secondary N) is 1. The molecule has 1 aliphatic rings. The van der Waals surface area contributed by atoms with Gasteiger partial charge in [-0.05, 0) is 30.0 Å². The van der Waals surface area contributed by atoms with Crippen LogP contribution in [0.1, 0.15) is 11.1 Å². The number of benzene rings is 1. The van der Waals surface area contributed by atoms with Crippen LogP contribution < -0.4 is 5.32 Å². The molecule has 15 heavy (non-hydrogen) atoms. The Morgan fingerprint density at radius 1 is 1.53 bits per heavy atom. The lowest BCUT2D eigenvalue weighted by atomic mass is 10.0. The van der Waals surface area contributed by atoms with Crippen LogP contribution in [0.15, 0.2) is 22.7 Å². The average Bonchev–Trinajstić information content (AvgIpc) is 2.40. The molecule has 0 radical (unpaired) electrons. The molecule has 1 heterocycles. The number of hydrogen-bond acceptors (Lipinski definition) is 2. The molecule has 0 aromatic heterocycles. The van der Waals surface area contributed by atoms with Crippen molar-refractivity contribution in [1.82, 2.24) is 5.32 Å². The first-order valence-corrected chi connectivity index (χ1v) is 5.70. The van der Waals surface area contributed by atoms with E-state index in [0.29, 0.717) is 13.0 Å². The van der Waals surface area contributed by atoms with Crippen LogP contribution in [-0.2, 0) is 17.6 Å². The van der Waals surface area contributed by atoms with E-state index in [-0.39, 0.29) is 0 Å². The molecule has 0 spiro atoms. The molecule has 0 bridgehead atoms. The molecule has 4 heteroatoms. The first kappa shape index (κ1) is 10.6. The Labute approximate surface area is 96.6 Å². The van der Waals surface area contributed by atoms with Crippen molar-refractivity contribution in [1.29, 1.82) is 0 Å². The lowest BCUT2D eigenvalue weighted by Crippen LogP contribution is -2.37. The third kappa shape index (κ3) is 2.21. The molecule has 0 saturated heterocycles. The predicted octanol–water partition coefficient (Wildman–Crippen LogP) is 1.59. The summed E-state index contributed by atoms with van der Waals surface area (Å²) in [7, 11) is 0. The van der Waals surface area contributed by atoms with Crippen LogP contribution >= 0.6 is 15.9 Å². The zero-order valence-corrected chi connectivity index (χ0v) is 9.75. The Bertz CT molecular complexity index is 392. The second-order valence-electron chi connectivity index (χ2n) is 3.68. The second-order valence-corrected chi connectivity index (χ2v) is 4.53. The number of aliphatic carboxylic acids is 1. The van der Waals surface area contributed by atoms with Gasteiger partial charge in [0.15, 0.2) is 0 Å². The van der Waals surface area contributed by atoms with Gasteiger partial charge in [-0.25, -0.2) is 0 Å². The van der Waals surface area contributed by atoms with Gasteiger partial charge < -0.3 is 10.4 Å². The molecule has 0 fully saturated rings. The third-order valence-corrected chi connectivity index (χ3v) is 3.45. The molecule has 3 nitrogen and oxygen atoms in total. The van der Waals surface area contributed by atoms with Crippen molar-refractivity contribution < 1.29 is 9.90 Å². The number of carbonyl (C=O) groups is 1. The van der Waals surface area contributed by atoms with Crippen molar-refractivity contribution in [2.24, 2.45) is 0 Å². The van der Waals surface area contributed by atoms with E-state index >= 15 is 0 Å². The fourth-order valence-electron chi connectivity index (χ4n) is 1.91. The van der Waals surface area contributed by atoms with Crippen LogP contribution in [0.25, 0.3) is 0 Å². The number of hydrogen-bond donors (Lipinski definition) is 2. The summed E-state index contributed by atoms with van der Waals surface area (Å²) in [6, 6.07) is 5.50. The molecule has 0 amide bonds. The van der Waals surface area contributed by atoms with Gasteiger partial charge in [0, 0.05) is 11.0 Å². The molecular formula is C11H12BrNO2. The van der Waals surface area contributed by atoms with Gasteiger partial charge in [-0.1, -0.05) is 28.1 Å². The summed E-state index contributed by atoms with van der Waals surface area (Å²) in [6.07, 6.45) is 1.44. The minimum Gasteiger partial charge on any atom is -0.480 e. The normalized spacial score (nSPS) is 20.5. The molecule has 1 aromatic carbocycles. The summed E-state index contributed by atoms with van der Waals surface area (Å²) in [6.45, 7) is 0.715. The zero-order chi connectivity index (χ0) is 10.8. The van der Waals surface area contributed by atoms with E-state index in [4.69, 9.17) is 5.11 Å². The smallest absolute Gasteiger partial charge is 0.321 e. The Kier molecular flexibility index (Phi) is 3.07. The molecule has 1 atom stereocenters. The van der Waals surface area contributed by atoms with Gasteiger partial charge in [-0.2, -0.15) is 0 Å². The first-order valence-electron chi connectivity index (χ1n) is 4.91. The first-order chi connectivity index (χ1) is 7.18. The van der Waals surface area contributed by atoms with E-state index < -0.39 is 12.0 Å². The minimum atomic E-state index is -0.775. The van der Waals surface area contributed by atoms with Gasteiger partial charge >= 0.3 is 5.97 Å². The summed E-state index contributed by atoms with van der Waals surface area (Å²) in [4.78, 5) is 10.9. The van der Waals surface area contributed by atoms with Crippen LogP contribution in [0.2, 0.25) is 0 Å². The van der Waals surface area contributed by atoms with Crippen LogP contribution in [0.5, 0.6) is 0 Å². The third-order valence-electron chi connectivity index (χ3n) is 2.70. The van der Waals surface area contributed by atoms with Gasteiger partial charge in [0.05, 0.1) is 0 Å². The number of halogens is 1. The van der Waals surface area contributed by atoms with E-state index in [2.05, 4.69) is 21.2 Å². The quantitative estimate of drug-likeness (QED) is 0.814. The summed E-state index contributed by atoms with van der Waals surface area (Å²) >= 11 is 3.50. The summed E-state index contributed by atoms with van der Waals surface area (Å²) in [5.74, 6) is -0.775. The molecule has 1 aliphatic heterocycles. The fourth-order valence-corrected chi connectivity index (χ4v) is 2.52. The maximum Gasteiger partial charge on any atom is 0.321 e. The van der Waals surface area contributed by atoms with E-state index in [1.165, 1.54) is 5.56 Å². The number of rotatable bonds is 1. The molecule has 1 aromatic rings. The Hall–Kier alpha value is -0.870. The van der Waals surface area contributed by atoms with Crippen LogP contribution in [0.3, 0.4) is 0 Å². The molecule has 2 N–H and O–H groups in total. The van der Waals surface area contributed by atoms with E-state index in [9.17, 15) is 4.79 Å². The molecule has 2 rings (SSSR count). The van der Waals surface area contributed by atoms with E-state index in [1.54, 1.807) is 0 Å². The maximum atomic E-state index is 10.9. The highest BCUT2D eigenvalue weighted by Gasteiger charge is 2.22. The zero-order valence-electron chi connectivity index (χ0n) is 8.16. The molecule has 0 aliphatic carbocycles. The van der Waals surface area contributed by atoms with Crippen LogP contribution in [0.4, 0.5) is 0 Å². The van der Waals surface area contributed by atoms with Gasteiger partial charge in [-0.15, -0.1) is 0 Å². The lowest BCUT2D eigenvalue weighted by Gasteiger charge is -2.10. The summed E-state index contributed by atoms with van der Waals surface area (Å²) < 4.78 is 1.08. The fraction of sp³-hybridized carbons (Fsp3) is 0.364. The van der Waals surface area contributed by atoms with Crippen LogP contribution in [-0.4, -0.2) is 23.7 Å². The lowest BCUT2D eigenvalue weighted by molar-refractivity contribution is -0.139. The van der Waals surface area contributed by atoms with Crippen molar-refractivity contribution in [3.63, 3.8) is 0 Å². The minimum absolute atomic E-state index is 0.458. The highest BCUT2D eigenvalue weighted by molar-refractivity contribution is 9.10. The predicted molar refractivity (Wildman–Crippen MR) is 61.0 cm³/mol. The largest absolute Gasteiger partial charge is 0.480 e. The van der Waals surface area contributed by atoms with Crippen molar-refractivity contribution >= 4 is 21.9 Å². The van der Waals surface area contributed by atoms with Crippen molar-refractivity contribution in [2.45, 2.75) is 18.9 Å². The highest BCUT2D eigenvalue weighted by Crippen LogP contribution is 2.23. The molecule has 0 saturated carbocycles. The Morgan fingerprint density at radius 2 is 2.33 bits per heavy atom. The van der Waals surface area contributed by atoms with Crippen molar-refractivity contribution in [3.8, 4) is 0 Å². The van der Waals surface area contributed by atoms with E-state index in [0.717, 1.165) is 16.5 Å². The average molecular weight is 270 g/mol. The Balaban J connectivity index is 2.34. The van der Waals surface area contributed by atoms with Gasteiger partial charge in [0.1, 0.15) is 6.04 Å². The van der Waals surface area contributed by atoms with Gasteiger partial charge in [-0.3, -0.25) is 4.79 Å². The van der Waals surface area contributed by atoms with Crippen LogP contribution in [0, 0.1) is 0 Å². The number of fused-ring (bicyclic) bond motifs is 1. The second kappa shape index (κ2) is 4.33. The van der Waals surface area contributed by atoms with Crippen molar-refractivity contribution in [3.05, 3.63) is 33.8 Å². The van der Waals surface area contributed by atoms with Crippen molar-refractivity contribution in [2.75, 3.05) is 6.54 Å². The highest BCUT2D eigenvalue weighted by atomic mass is 79.9. The molecule has 1 unspecified atom stereocenters. The maximum absolute atomic E-state index is 10.9. The standard InChI is InChI=1S/C11H12BrNO2/c12-9-3-1-2-7-6-10(11(14)15)13-5-4-8(7)9/h1-3,10,13H,4-6H2,(H,14,15). The topological polar surface area (TPSA) is 49.3 Å². The summed E-state index contributed by atoms with van der Waals surface area (Å²) in [5.41, 5.74) is 2.36. The Morgan fingerprint density at radius 3 is 3.07 bits per heavy atom. The number of carboxylic acid groups (broad SMARTS) is 1. The monoisotopic (exact) mass is 269 g/mol. The van der Waals surface area contributed by atoms with E-state index in [1.807, 2.05) is 18.2 Å². The number of carboxylic acids is 1. The SMILES string of the molecule is O=C(O)C1Cc2cccc(Br)c2CCN1. The van der Waals surface area contributed by atoms with Gasteiger partial charge in [0.25, 0.3) is 0 Å². The molecule has 80 valence electrons. The summed E-state index contributed by atoms with van der Waals surface area (Å²) in [5, 5.41) is 12.0. The molecular weight excluding hydrogens is 258 g/mol. The van der Waals surface area contributed by atoms with Gasteiger partial charge in [0.2, 0.25) is 0 Å².